The average Bonchev–Trinajstić information content (AvgIpc) is 2.51. The molecular weight excluding hydrogens is 218 g/mol. The van der Waals surface area contributed by atoms with Gasteiger partial charge in [-0.15, -0.1) is 11.3 Å². The Kier molecular flexibility index (Phi) is 4.41. The number of rotatable bonds is 5. The second-order valence-electron chi connectivity index (χ2n) is 3.14. The largest absolute Gasteiger partial charge is 0.481 e. The molecule has 0 amide bonds. The van der Waals surface area contributed by atoms with E-state index in [9.17, 15) is 4.79 Å². The summed E-state index contributed by atoms with van der Waals surface area (Å²) in [5.41, 5.74) is 1.04. The first-order chi connectivity index (χ1) is 6.59. The Morgan fingerprint density at radius 2 is 2.50 bits per heavy atom. The number of aryl methyl sites for hydroxylation is 1. The van der Waals surface area contributed by atoms with Gasteiger partial charge in [0, 0.05) is 22.6 Å². The smallest absolute Gasteiger partial charge is 0.307 e. The third-order valence-electron chi connectivity index (χ3n) is 1.68. The summed E-state index contributed by atoms with van der Waals surface area (Å²) in [6.45, 7) is 3.69. The number of hydrogen-bond donors (Lipinski definition) is 1. The van der Waals surface area contributed by atoms with E-state index in [2.05, 4.69) is 4.98 Å². The molecule has 0 aliphatic carbocycles. The molecule has 1 heterocycles. The van der Waals surface area contributed by atoms with Gasteiger partial charge in [0.15, 0.2) is 0 Å². The van der Waals surface area contributed by atoms with Gasteiger partial charge in [-0.1, -0.05) is 6.92 Å². The summed E-state index contributed by atoms with van der Waals surface area (Å²) in [5.74, 6) is 0.457. The van der Waals surface area contributed by atoms with E-state index in [1.165, 1.54) is 0 Å². The first-order valence-corrected chi connectivity index (χ1v) is 6.34. The minimum atomic E-state index is -0.729. The summed E-state index contributed by atoms with van der Waals surface area (Å²) in [6, 6.07) is 0. The van der Waals surface area contributed by atoms with Gasteiger partial charge >= 0.3 is 5.97 Å². The Morgan fingerprint density at radius 1 is 1.79 bits per heavy atom. The van der Waals surface area contributed by atoms with Crippen LogP contribution >= 0.6 is 23.1 Å². The van der Waals surface area contributed by atoms with Crippen molar-refractivity contribution in [2.75, 3.05) is 5.75 Å². The van der Waals surface area contributed by atoms with Crippen LogP contribution in [0.1, 0.15) is 17.6 Å². The molecule has 1 aromatic rings. The third-order valence-corrected chi connectivity index (χ3v) is 4.04. The zero-order valence-corrected chi connectivity index (χ0v) is 9.82. The fourth-order valence-corrected chi connectivity index (χ4v) is 2.79. The van der Waals surface area contributed by atoms with Crippen LogP contribution in [-0.4, -0.2) is 21.8 Å². The summed E-state index contributed by atoms with van der Waals surface area (Å²) in [4.78, 5) is 14.8. The molecule has 78 valence electrons. The normalized spacial score (nSPS) is 12.7. The Bertz CT molecular complexity index is 312. The molecule has 0 fully saturated rings. The maximum atomic E-state index is 10.5. The summed E-state index contributed by atoms with van der Waals surface area (Å²) >= 11 is 3.25. The molecule has 0 radical (unpaired) electrons. The molecule has 1 atom stereocenters. The molecule has 1 unspecified atom stereocenters. The van der Waals surface area contributed by atoms with Crippen molar-refractivity contribution in [2.24, 2.45) is 5.92 Å². The van der Waals surface area contributed by atoms with Gasteiger partial charge in [-0.3, -0.25) is 4.79 Å². The highest BCUT2D eigenvalue weighted by molar-refractivity contribution is 7.98. The zero-order chi connectivity index (χ0) is 10.6. The molecule has 1 aromatic heterocycles. The van der Waals surface area contributed by atoms with Gasteiger partial charge in [-0.2, -0.15) is 11.8 Å². The first-order valence-electron chi connectivity index (χ1n) is 4.31. The van der Waals surface area contributed by atoms with Crippen LogP contribution < -0.4 is 0 Å². The van der Waals surface area contributed by atoms with Crippen LogP contribution in [0.25, 0.3) is 0 Å². The summed E-state index contributed by atoms with van der Waals surface area (Å²) in [6.07, 6.45) is 0. The highest BCUT2D eigenvalue weighted by atomic mass is 32.2. The first kappa shape index (κ1) is 11.5. The van der Waals surface area contributed by atoms with Crippen molar-refractivity contribution in [1.29, 1.82) is 0 Å². The lowest BCUT2D eigenvalue weighted by atomic mass is 10.2. The lowest BCUT2D eigenvalue weighted by molar-refractivity contribution is -0.140. The second-order valence-corrected chi connectivity index (χ2v) is 5.11. The molecular formula is C9H13NO2S2. The number of aliphatic carboxylic acids is 1. The number of aromatic nitrogens is 1. The number of thioether (sulfide) groups is 1. The number of hydrogen-bond acceptors (Lipinski definition) is 4. The maximum Gasteiger partial charge on any atom is 0.307 e. The maximum absolute atomic E-state index is 10.5. The van der Waals surface area contributed by atoms with E-state index in [1.54, 1.807) is 30.0 Å². The summed E-state index contributed by atoms with van der Waals surface area (Å²) in [7, 11) is 0. The lowest BCUT2D eigenvalue weighted by Crippen LogP contribution is -2.11. The predicted octanol–water partition coefficient (Wildman–Crippen LogP) is 2.41. The van der Waals surface area contributed by atoms with E-state index < -0.39 is 5.97 Å². The van der Waals surface area contributed by atoms with E-state index >= 15 is 0 Å². The molecule has 1 rings (SSSR count). The van der Waals surface area contributed by atoms with E-state index in [0.717, 1.165) is 16.5 Å². The van der Waals surface area contributed by atoms with Gasteiger partial charge in [-0.25, -0.2) is 4.98 Å². The Hall–Kier alpha value is -0.550. The van der Waals surface area contributed by atoms with Gasteiger partial charge in [0.25, 0.3) is 0 Å². The molecule has 1 N–H and O–H groups in total. The number of carboxylic acids is 1. The van der Waals surface area contributed by atoms with Gasteiger partial charge in [-0.05, 0) is 6.92 Å². The number of carbonyl (C=O) groups is 1. The van der Waals surface area contributed by atoms with Crippen LogP contribution in [-0.2, 0) is 10.5 Å². The van der Waals surface area contributed by atoms with Crippen LogP contribution in [0.5, 0.6) is 0 Å². The highest BCUT2D eigenvalue weighted by Gasteiger charge is 2.10. The molecule has 5 heteroatoms. The van der Waals surface area contributed by atoms with Crippen molar-refractivity contribution >= 4 is 29.1 Å². The van der Waals surface area contributed by atoms with Gasteiger partial charge < -0.3 is 5.11 Å². The van der Waals surface area contributed by atoms with Gasteiger partial charge in [0.2, 0.25) is 0 Å². The van der Waals surface area contributed by atoms with E-state index in [1.807, 2.05) is 12.3 Å². The Morgan fingerprint density at radius 3 is 3.00 bits per heavy atom. The van der Waals surface area contributed by atoms with Crippen molar-refractivity contribution in [1.82, 2.24) is 4.98 Å². The number of nitrogens with zero attached hydrogens (tertiary/aromatic N) is 1. The third kappa shape index (κ3) is 3.67. The van der Waals surface area contributed by atoms with Crippen molar-refractivity contribution in [3.63, 3.8) is 0 Å². The van der Waals surface area contributed by atoms with E-state index in [-0.39, 0.29) is 5.92 Å². The minimum Gasteiger partial charge on any atom is -0.481 e. The van der Waals surface area contributed by atoms with Crippen LogP contribution in [0.3, 0.4) is 0 Å². The summed E-state index contributed by atoms with van der Waals surface area (Å²) < 4.78 is 0. The van der Waals surface area contributed by atoms with E-state index in [0.29, 0.717) is 5.75 Å². The molecule has 0 saturated carbocycles. The molecule has 3 nitrogen and oxygen atoms in total. The lowest BCUT2D eigenvalue weighted by Gasteiger charge is -2.03. The number of carboxylic acid groups (broad SMARTS) is 1. The Balaban J connectivity index is 2.25. The van der Waals surface area contributed by atoms with Crippen molar-refractivity contribution in [2.45, 2.75) is 19.6 Å². The van der Waals surface area contributed by atoms with E-state index in [4.69, 9.17) is 5.11 Å². The minimum absolute atomic E-state index is 0.277. The van der Waals surface area contributed by atoms with Gasteiger partial charge in [0.05, 0.1) is 5.92 Å². The molecule has 14 heavy (non-hydrogen) atoms. The molecule has 0 aromatic carbocycles. The SMILES string of the molecule is Cc1csc(CSCC(C)C(=O)O)n1. The molecule has 0 aliphatic rings. The topological polar surface area (TPSA) is 50.2 Å². The standard InChI is InChI=1S/C9H13NO2S2/c1-6(9(11)12)3-13-5-8-10-7(2)4-14-8/h4,6H,3,5H2,1-2H3,(H,11,12). The fourth-order valence-electron chi connectivity index (χ4n) is 0.863. The van der Waals surface area contributed by atoms with Crippen molar-refractivity contribution in [3.05, 3.63) is 16.1 Å². The molecule has 0 bridgehead atoms. The second kappa shape index (κ2) is 5.36. The quantitative estimate of drug-likeness (QED) is 0.845. The molecule has 0 saturated heterocycles. The zero-order valence-electron chi connectivity index (χ0n) is 8.19. The van der Waals surface area contributed by atoms with Crippen LogP contribution in [0.4, 0.5) is 0 Å². The highest BCUT2D eigenvalue weighted by Crippen LogP contribution is 2.18. The van der Waals surface area contributed by atoms with Crippen LogP contribution in [0.2, 0.25) is 0 Å². The monoisotopic (exact) mass is 231 g/mol. The molecule has 0 aliphatic heterocycles. The van der Waals surface area contributed by atoms with Crippen LogP contribution in [0, 0.1) is 12.8 Å². The van der Waals surface area contributed by atoms with Gasteiger partial charge in [0.1, 0.15) is 5.01 Å². The average molecular weight is 231 g/mol. The Labute approximate surface area is 91.6 Å². The molecule has 0 spiro atoms. The predicted molar refractivity (Wildman–Crippen MR) is 59.8 cm³/mol. The van der Waals surface area contributed by atoms with Crippen molar-refractivity contribution < 1.29 is 9.90 Å². The fraction of sp³-hybridized carbons (Fsp3) is 0.556. The van der Waals surface area contributed by atoms with Crippen molar-refractivity contribution in [3.8, 4) is 0 Å². The summed E-state index contributed by atoms with van der Waals surface area (Å²) in [5, 5.41) is 11.7. The number of thiazole rings is 1. The van der Waals surface area contributed by atoms with Crippen LogP contribution in [0.15, 0.2) is 5.38 Å².